The highest BCUT2D eigenvalue weighted by Crippen LogP contribution is 2.35. The maximum atomic E-state index is 11.9. The van der Waals surface area contributed by atoms with E-state index >= 15 is 0 Å². The van der Waals surface area contributed by atoms with Gasteiger partial charge < -0.3 is 14.8 Å². The molecule has 1 N–H and O–H groups in total. The van der Waals surface area contributed by atoms with Gasteiger partial charge in [0.05, 0.1) is 6.61 Å². The standard InChI is InChI=1S/C17H31NO4/c1-5-21-16(19)7-6-10-18-17(20)22-15-11-13(4)8-9-14(15)12(2)3/h12-15H,5-11H2,1-4H3,(H,18,20)/t13-,14+,15+/m0/s1. The number of esters is 1. The Hall–Kier alpha value is -1.26. The third-order valence-corrected chi connectivity index (χ3v) is 4.35. The van der Waals surface area contributed by atoms with Crippen LogP contribution in [0.4, 0.5) is 4.79 Å². The van der Waals surface area contributed by atoms with Crippen LogP contribution in [0.2, 0.25) is 0 Å². The molecular formula is C17H31NO4. The smallest absolute Gasteiger partial charge is 0.407 e. The average molecular weight is 313 g/mol. The van der Waals surface area contributed by atoms with Crippen molar-refractivity contribution < 1.29 is 19.1 Å². The Morgan fingerprint density at radius 3 is 2.64 bits per heavy atom. The second-order valence-corrected chi connectivity index (χ2v) is 6.61. The largest absolute Gasteiger partial charge is 0.466 e. The summed E-state index contributed by atoms with van der Waals surface area (Å²) in [6, 6.07) is 0. The molecule has 0 spiro atoms. The number of alkyl carbamates (subject to hydrolysis) is 1. The van der Waals surface area contributed by atoms with Crippen LogP contribution in [0.15, 0.2) is 0 Å². The van der Waals surface area contributed by atoms with E-state index < -0.39 is 0 Å². The lowest BCUT2D eigenvalue weighted by Crippen LogP contribution is -2.39. The van der Waals surface area contributed by atoms with E-state index in [9.17, 15) is 9.59 Å². The first-order valence-corrected chi connectivity index (χ1v) is 8.54. The quantitative estimate of drug-likeness (QED) is 0.577. The van der Waals surface area contributed by atoms with Crippen molar-refractivity contribution in [2.75, 3.05) is 13.2 Å². The van der Waals surface area contributed by atoms with E-state index in [0.29, 0.717) is 43.7 Å². The molecule has 0 radical (unpaired) electrons. The number of hydrogen-bond acceptors (Lipinski definition) is 4. The van der Waals surface area contributed by atoms with Gasteiger partial charge in [0.2, 0.25) is 0 Å². The minimum atomic E-state index is -0.367. The van der Waals surface area contributed by atoms with Crippen molar-refractivity contribution >= 4 is 12.1 Å². The van der Waals surface area contributed by atoms with Crippen LogP contribution in [0.3, 0.4) is 0 Å². The van der Waals surface area contributed by atoms with Crippen LogP contribution in [-0.2, 0) is 14.3 Å². The van der Waals surface area contributed by atoms with Crippen molar-refractivity contribution in [2.45, 2.75) is 65.9 Å². The van der Waals surface area contributed by atoms with Gasteiger partial charge in [0.1, 0.15) is 6.10 Å². The van der Waals surface area contributed by atoms with E-state index in [1.54, 1.807) is 6.92 Å². The lowest BCUT2D eigenvalue weighted by Gasteiger charge is -2.36. The fourth-order valence-corrected chi connectivity index (χ4v) is 3.09. The molecule has 3 atom stereocenters. The number of nitrogens with one attached hydrogen (secondary N) is 1. The minimum Gasteiger partial charge on any atom is -0.466 e. The monoisotopic (exact) mass is 313 g/mol. The molecule has 1 amide bonds. The number of amides is 1. The van der Waals surface area contributed by atoms with Gasteiger partial charge in [-0.3, -0.25) is 4.79 Å². The molecule has 0 unspecified atom stereocenters. The fraction of sp³-hybridized carbons (Fsp3) is 0.882. The molecular weight excluding hydrogens is 282 g/mol. The second-order valence-electron chi connectivity index (χ2n) is 6.61. The number of hydrogen-bond donors (Lipinski definition) is 1. The predicted molar refractivity (Wildman–Crippen MR) is 85.5 cm³/mol. The lowest BCUT2D eigenvalue weighted by molar-refractivity contribution is -0.143. The summed E-state index contributed by atoms with van der Waals surface area (Å²) in [5, 5.41) is 2.73. The molecule has 0 aromatic carbocycles. The van der Waals surface area contributed by atoms with Crippen molar-refractivity contribution in [3.8, 4) is 0 Å². The van der Waals surface area contributed by atoms with Gasteiger partial charge >= 0.3 is 12.1 Å². The van der Waals surface area contributed by atoms with Gasteiger partial charge in [0.25, 0.3) is 0 Å². The third kappa shape index (κ3) is 6.67. The molecule has 1 aliphatic carbocycles. The van der Waals surface area contributed by atoms with Gasteiger partial charge in [0, 0.05) is 13.0 Å². The van der Waals surface area contributed by atoms with E-state index in [1.165, 1.54) is 6.42 Å². The Morgan fingerprint density at radius 1 is 1.27 bits per heavy atom. The van der Waals surface area contributed by atoms with Crippen LogP contribution >= 0.6 is 0 Å². The molecule has 0 saturated heterocycles. The Labute approximate surface area is 134 Å². The van der Waals surface area contributed by atoms with E-state index in [4.69, 9.17) is 9.47 Å². The molecule has 1 rings (SSSR count). The summed E-state index contributed by atoms with van der Waals surface area (Å²) in [6.07, 6.45) is 3.82. The summed E-state index contributed by atoms with van der Waals surface area (Å²) in [4.78, 5) is 23.1. The summed E-state index contributed by atoms with van der Waals surface area (Å²) in [7, 11) is 0. The Kier molecular flexibility index (Phi) is 8.28. The minimum absolute atomic E-state index is 0.00815. The molecule has 128 valence electrons. The van der Waals surface area contributed by atoms with E-state index in [-0.39, 0.29) is 18.2 Å². The highest BCUT2D eigenvalue weighted by Gasteiger charge is 2.33. The molecule has 0 aliphatic heterocycles. The Morgan fingerprint density at radius 2 is 2.00 bits per heavy atom. The summed E-state index contributed by atoms with van der Waals surface area (Å²) in [5.74, 6) is 1.35. The first-order valence-electron chi connectivity index (χ1n) is 8.54. The summed E-state index contributed by atoms with van der Waals surface area (Å²) < 4.78 is 10.5. The zero-order valence-corrected chi connectivity index (χ0v) is 14.4. The Balaban J connectivity index is 2.28. The Bertz CT molecular complexity index is 357. The second kappa shape index (κ2) is 9.70. The molecule has 22 heavy (non-hydrogen) atoms. The topological polar surface area (TPSA) is 64.6 Å². The average Bonchev–Trinajstić information content (AvgIpc) is 2.43. The van der Waals surface area contributed by atoms with Crippen LogP contribution in [0.25, 0.3) is 0 Å². The molecule has 0 aromatic rings. The van der Waals surface area contributed by atoms with Crippen LogP contribution in [0.1, 0.15) is 59.8 Å². The van der Waals surface area contributed by atoms with Gasteiger partial charge in [0.15, 0.2) is 0 Å². The van der Waals surface area contributed by atoms with E-state index in [1.807, 2.05) is 0 Å². The molecule has 1 aliphatic rings. The number of rotatable bonds is 7. The number of carbonyl (C=O) groups excluding carboxylic acids is 2. The van der Waals surface area contributed by atoms with Gasteiger partial charge in [-0.25, -0.2) is 4.79 Å². The van der Waals surface area contributed by atoms with Crippen molar-refractivity contribution in [2.24, 2.45) is 17.8 Å². The fourth-order valence-electron chi connectivity index (χ4n) is 3.09. The van der Waals surface area contributed by atoms with Gasteiger partial charge in [-0.15, -0.1) is 0 Å². The van der Waals surface area contributed by atoms with Crippen LogP contribution in [0, 0.1) is 17.8 Å². The van der Waals surface area contributed by atoms with Crippen molar-refractivity contribution in [1.29, 1.82) is 0 Å². The van der Waals surface area contributed by atoms with Crippen LogP contribution in [-0.4, -0.2) is 31.3 Å². The summed E-state index contributed by atoms with van der Waals surface area (Å²) >= 11 is 0. The molecule has 0 heterocycles. The van der Waals surface area contributed by atoms with Crippen molar-refractivity contribution in [1.82, 2.24) is 5.32 Å². The van der Waals surface area contributed by atoms with Gasteiger partial charge in [-0.05, 0) is 43.9 Å². The zero-order chi connectivity index (χ0) is 16.5. The van der Waals surface area contributed by atoms with Crippen molar-refractivity contribution in [3.63, 3.8) is 0 Å². The molecule has 1 fully saturated rings. The number of ether oxygens (including phenoxy) is 2. The van der Waals surface area contributed by atoms with Gasteiger partial charge in [-0.1, -0.05) is 27.2 Å². The van der Waals surface area contributed by atoms with Crippen LogP contribution in [0.5, 0.6) is 0 Å². The predicted octanol–water partition coefficient (Wildman–Crippen LogP) is 3.52. The third-order valence-electron chi connectivity index (χ3n) is 4.35. The molecule has 5 heteroatoms. The summed E-state index contributed by atoms with van der Waals surface area (Å²) in [6.45, 7) is 9.20. The first kappa shape index (κ1) is 18.8. The first-order chi connectivity index (χ1) is 10.4. The van der Waals surface area contributed by atoms with E-state index in [0.717, 1.165) is 12.8 Å². The zero-order valence-electron chi connectivity index (χ0n) is 14.4. The normalized spacial score (nSPS) is 24.9. The highest BCUT2D eigenvalue weighted by molar-refractivity contribution is 5.69. The SMILES string of the molecule is CCOC(=O)CCCNC(=O)O[C@@H]1C[C@@H](C)CC[C@@H]1C(C)C. The maximum Gasteiger partial charge on any atom is 0.407 e. The lowest BCUT2D eigenvalue weighted by atomic mass is 9.75. The van der Waals surface area contributed by atoms with Crippen LogP contribution < -0.4 is 5.32 Å². The summed E-state index contributed by atoms with van der Waals surface area (Å²) in [5.41, 5.74) is 0. The van der Waals surface area contributed by atoms with Gasteiger partial charge in [-0.2, -0.15) is 0 Å². The molecule has 0 aromatic heterocycles. The highest BCUT2D eigenvalue weighted by atomic mass is 16.6. The number of carbonyl (C=O) groups is 2. The van der Waals surface area contributed by atoms with Crippen molar-refractivity contribution in [3.05, 3.63) is 0 Å². The van der Waals surface area contributed by atoms with E-state index in [2.05, 4.69) is 26.1 Å². The molecule has 0 bridgehead atoms. The molecule has 1 saturated carbocycles. The molecule has 5 nitrogen and oxygen atoms in total. The maximum absolute atomic E-state index is 11.9.